The van der Waals surface area contributed by atoms with Crippen molar-refractivity contribution in [3.63, 3.8) is 0 Å². The van der Waals surface area contributed by atoms with Crippen molar-refractivity contribution in [1.82, 2.24) is 0 Å². The van der Waals surface area contributed by atoms with Crippen molar-refractivity contribution in [3.05, 3.63) is 150 Å². The first-order valence-electron chi connectivity index (χ1n) is 13.8. The van der Waals surface area contributed by atoms with Crippen molar-refractivity contribution in [2.45, 2.75) is 40.5 Å². The van der Waals surface area contributed by atoms with E-state index in [9.17, 15) is 0 Å². The summed E-state index contributed by atoms with van der Waals surface area (Å²) in [7, 11) is 0. The van der Waals surface area contributed by atoms with Gasteiger partial charge in [0.1, 0.15) is 0 Å². The number of halogens is 2. The van der Waals surface area contributed by atoms with Crippen molar-refractivity contribution < 1.29 is 49.0 Å². The van der Waals surface area contributed by atoms with Crippen LogP contribution in [0, 0.1) is 17.4 Å². The minimum absolute atomic E-state index is 0. The fourth-order valence-electron chi connectivity index (χ4n) is 4.70. The van der Waals surface area contributed by atoms with Crippen molar-refractivity contribution in [2.75, 3.05) is 0 Å². The van der Waals surface area contributed by atoms with Gasteiger partial charge in [0.25, 0.3) is 0 Å². The monoisotopic (exact) mass is 654 g/mol. The smallest absolute Gasteiger partial charge is 0.0771 e. The molecule has 1 atom stereocenters. The van der Waals surface area contributed by atoms with Gasteiger partial charge in [-0.15, -0.1) is 39.7 Å². The molecule has 0 amide bonds. The summed E-state index contributed by atoms with van der Waals surface area (Å²) in [5.74, 6) is 0.522. The summed E-state index contributed by atoms with van der Waals surface area (Å²) in [6, 6.07) is 40.7. The van der Waals surface area contributed by atoms with Gasteiger partial charge in [-0.1, -0.05) is 75.4 Å². The van der Waals surface area contributed by atoms with Gasteiger partial charge in [-0.25, -0.2) is 6.08 Å². The van der Waals surface area contributed by atoms with Crippen molar-refractivity contribution >= 4 is 24.8 Å². The first-order chi connectivity index (χ1) is 18.8. The zero-order valence-corrected chi connectivity index (χ0v) is 28.3. The Kier molecular flexibility index (Phi) is 14.3. The molecule has 0 bridgehead atoms. The van der Waals surface area contributed by atoms with E-state index in [0.29, 0.717) is 11.3 Å². The Balaban J connectivity index is 0.000000215. The van der Waals surface area contributed by atoms with Gasteiger partial charge >= 0.3 is 112 Å². The average Bonchev–Trinajstić information content (AvgIpc) is 3.54. The Hall–Kier alpha value is -2.44. The fourth-order valence-corrected chi connectivity index (χ4v) is 5.71. The summed E-state index contributed by atoms with van der Waals surface area (Å²) in [5, 5.41) is 5.39. The number of rotatable bonds is 4. The van der Waals surface area contributed by atoms with Crippen molar-refractivity contribution in [1.29, 1.82) is 0 Å². The van der Waals surface area contributed by atoms with Crippen LogP contribution in [0.3, 0.4) is 0 Å². The third kappa shape index (κ3) is 10.7. The van der Waals surface area contributed by atoms with Crippen LogP contribution in [-0.4, -0.2) is 3.21 Å². The second-order valence-corrected chi connectivity index (χ2v) is 13.0. The molecule has 5 aromatic rings. The Morgan fingerprint density at radius 1 is 0.683 bits per heavy atom. The van der Waals surface area contributed by atoms with Gasteiger partial charge < -0.3 is 24.8 Å². The summed E-state index contributed by atoms with van der Waals surface area (Å²) in [6.45, 7) is 8.86. The predicted octanol–water partition coefficient (Wildman–Crippen LogP) is 3.88. The van der Waals surface area contributed by atoms with E-state index < -0.39 is 0 Å². The molecule has 210 valence electrons. The molecule has 0 fully saturated rings. The van der Waals surface area contributed by atoms with Gasteiger partial charge in [0, 0.05) is 0 Å². The van der Waals surface area contributed by atoms with Crippen LogP contribution in [0.15, 0.2) is 133 Å². The van der Waals surface area contributed by atoms with Crippen LogP contribution >= 0.6 is 0 Å². The van der Waals surface area contributed by atoms with Gasteiger partial charge in [-0.3, -0.25) is 6.08 Å². The molecule has 1 unspecified atom stereocenters. The molecule has 41 heavy (non-hydrogen) atoms. The minimum Gasteiger partial charge on any atom is -0.126 e. The van der Waals surface area contributed by atoms with E-state index in [1.165, 1.54) is 38.2 Å². The largest absolute Gasteiger partial charge is 0.126 e. The number of benzene rings is 4. The van der Waals surface area contributed by atoms with Gasteiger partial charge in [-0.05, 0) is 0 Å². The summed E-state index contributed by atoms with van der Waals surface area (Å²) in [6.07, 6.45) is 9.89. The molecule has 0 heterocycles. The molecular weight excluding hydrogens is 619 g/mol. The first kappa shape index (κ1) is 34.8. The van der Waals surface area contributed by atoms with Crippen LogP contribution < -0.4 is 24.8 Å². The molecule has 1 aliphatic rings. The quantitative estimate of drug-likeness (QED) is 0.258. The third-order valence-electron chi connectivity index (χ3n) is 6.84. The zero-order chi connectivity index (χ0) is 27.7. The minimum atomic E-state index is 0. The Morgan fingerprint density at radius 3 is 1.46 bits per heavy atom. The topological polar surface area (TPSA) is 0 Å². The fraction of sp³-hybridized carbons (Fsp3) is 0.211. The molecule has 0 spiro atoms. The van der Waals surface area contributed by atoms with Gasteiger partial charge in [0.15, 0.2) is 0 Å². The molecule has 6 rings (SSSR count). The second-order valence-electron chi connectivity index (χ2n) is 11.2. The molecule has 1 aliphatic carbocycles. The number of allylic oxidation sites excluding steroid dienone is 4. The van der Waals surface area contributed by atoms with Crippen LogP contribution in [-0.2, 0) is 37.1 Å². The van der Waals surface area contributed by atoms with Crippen LogP contribution in [0.4, 0.5) is 0 Å². The molecule has 0 saturated heterocycles. The SMILES string of the molecule is CC1[C-]=CC(C(C)(C)C)=C1.[Cl-].[Cl-].[Zr+2]=[C](Cc1ccccc1)Cc1ccccc1.c1ccc2c(c1)[cH-]c1ccccc12. The molecule has 0 N–H and O–H groups in total. The van der Waals surface area contributed by atoms with E-state index in [4.69, 9.17) is 0 Å². The Morgan fingerprint density at radius 2 is 1.10 bits per heavy atom. The molecule has 0 saturated carbocycles. The summed E-state index contributed by atoms with van der Waals surface area (Å²) >= 11 is 1.55. The Labute approximate surface area is 274 Å². The molecule has 5 aromatic carbocycles. The first-order valence-corrected chi connectivity index (χ1v) is 15.0. The average molecular weight is 657 g/mol. The number of hydrogen-bond acceptors (Lipinski definition) is 0. The predicted molar refractivity (Wildman–Crippen MR) is 167 cm³/mol. The second kappa shape index (κ2) is 16.9. The van der Waals surface area contributed by atoms with Crippen LogP contribution in [0.25, 0.3) is 21.5 Å². The van der Waals surface area contributed by atoms with Crippen molar-refractivity contribution in [3.8, 4) is 0 Å². The summed E-state index contributed by atoms with van der Waals surface area (Å²) in [4.78, 5) is 0. The Bertz CT molecular complexity index is 1460. The molecule has 0 aliphatic heterocycles. The standard InChI is InChI=1S/C15H14.C13H9.C10H15.2ClH.Zr/c1-3-8-14(9-4-1)12-7-13-15-10-5-2-6-11-15;1-3-7-12-10(5-1)9-11-6-2-4-8-13(11)12;1-8-5-6-9(7-8)10(2,3)4;;;/h1-6,8-11H,12-13H2;1-9H;6-8H,1-4H3;2*1H;/q;2*-1;;;+2/p-2. The zero-order valence-electron chi connectivity index (χ0n) is 24.4. The van der Waals surface area contributed by atoms with E-state index >= 15 is 0 Å². The maximum absolute atomic E-state index is 3.26. The van der Waals surface area contributed by atoms with Crippen LogP contribution in [0.1, 0.15) is 38.8 Å². The normalized spacial score (nSPS) is 13.6. The van der Waals surface area contributed by atoms with Crippen LogP contribution in [0.2, 0.25) is 0 Å². The molecular formula is C38H38Cl2Zr-2. The van der Waals surface area contributed by atoms with E-state index in [1.54, 1.807) is 27.4 Å². The van der Waals surface area contributed by atoms with E-state index in [1.807, 2.05) is 0 Å². The molecule has 0 aromatic heterocycles. The third-order valence-corrected chi connectivity index (χ3v) is 7.71. The van der Waals surface area contributed by atoms with Gasteiger partial charge in [0.05, 0.1) is 0 Å². The van der Waals surface area contributed by atoms with E-state index in [-0.39, 0.29) is 24.8 Å². The van der Waals surface area contributed by atoms with Crippen LogP contribution in [0.5, 0.6) is 0 Å². The summed E-state index contributed by atoms with van der Waals surface area (Å²) < 4.78 is 1.60. The summed E-state index contributed by atoms with van der Waals surface area (Å²) in [5.41, 5.74) is 4.56. The van der Waals surface area contributed by atoms with Gasteiger partial charge in [0.2, 0.25) is 0 Å². The molecule has 3 heteroatoms. The number of hydrogen-bond donors (Lipinski definition) is 0. The van der Waals surface area contributed by atoms with Crippen molar-refractivity contribution in [2.24, 2.45) is 11.3 Å². The number of fused-ring (bicyclic) bond motifs is 3. The maximum atomic E-state index is 3.26. The van der Waals surface area contributed by atoms with E-state index in [2.05, 4.69) is 161 Å². The van der Waals surface area contributed by atoms with E-state index in [0.717, 1.165) is 12.8 Å². The van der Waals surface area contributed by atoms with Gasteiger partial charge in [-0.2, -0.15) is 11.6 Å². The maximum Gasteiger partial charge on any atom is -0.0771 e. The molecule has 0 radical (unpaired) electrons. The molecule has 0 nitrogen and oxygen atoms in total.